The summed E-state index contributed by atoms with van der Waals surface area (Å²) in [5.74, 6) is -2.09. The van der Waals surface area contributed by atoms with Crippen LogP contribution in [0.2, 0.25) is 0 Å². The lowest BCUT2D eigenvalue weighted by Gasteiger charge is -2.36. The molecule has 2 aromatic rings. The van der Waals surface area contributed by atoms with E-state index in [9.17, 15) is 14.7 Å². The van der Waals surface area contributed by atoms with Crippen molar-refractivity contribution in [3.05, 3.63) is 59.0 Å². The third-order valence-electron chi connectivity index (χ3n) is 8.28. The van der Waals surface area contributed by atoms with Crippen LogP contribution in [0.3, 0.4) is 0 Å². The summed E-state index contributed by atoms with van der Waals surface area (Å²) in [5.41, 5.74) is 1.22. The van der Waals surface area contributed by atoms with Crippen molar-refractivity contribution >= 4 is 11.9 Å². The SMILES string of the molecule is COc1nc(C(C)(C)C)ccc1CN[C@H]1[C@H](C(C)(C)C)[C@@H](C(=O)O)N(C(=O)[C@@H]2CCCCO2)[C@H]1c1ccccc1F. The molecule has 1 amide bonds. The van der Waals surface area contributed by atoms with Gasteiger partial charge >= 0.3 is 5.97 Å². The molecule has 0 bridgehead atoms. The van der Waals surface area contributed by atoms with E-state index in [1.165, 1.54) is 11.0 Å². The number of pyridine rings is 1. The van der Waals surface area contributed by atoms with Crippen molar-refractivity contribution in [1.29, 1.82) is 0 Å². The maximum absolute atomic E-state index is 15.5. The van der Waals surface area contributed by atoms with Gasteiger partial charge in [0.25, 0.3) is 5.91 Å². The summed E-state index contributed by atoms with van der Waals surface area (Å²) < 4.78 is 27.0. The van der Waals surface area contributed by atoms with Crippen LogP contribution in [0, 0.1) is 17.2 Å². The van der Waals surface area contributed by atoms with Gasteiger partial charge in [0.2, 0.25) is 5.88 Å². The van der Waals surface area contributed by atoms with Crippen molar-refractivity contribution in [3.63, 3.8) is 0 Å². The number of carbonyl (C=O) groups is 2. The van der Waals surface area contributed by atoms with E-state index in [0.717, 1.165) is 24.1 Å². The predicted molar refractivity (Wildman–Crippen MR) is 154 cm³/mol. The highest BCUT2D eigenvalue weighted by atomic mass is 19.1. The molecule has 5 atom stereocenters. The molecule has 2 N–H and O–H groups in total. The molecule has 0 aliphatic carbocycles. The van der Waals surface area contributed by atoms with E-state index in [4.69, 9.17) is 14.5 Å². The van der Waals surface area contributed by atoms with Gasteiger partial charge in [-0.05, 0) is 36.8 Å². The van der Waals surface area contributed by atoms with Gasteiger partial charge in [0.1, 0.15) is 18.0 Å². The fourth-order valence-corrected chi connectivity index (χ4v) is 6.30. The van der Waals surface area contributed by atoms with E-state index in [2.05, 4.69) is 26.1 Å². The van der Waals surface area contributed by atoms with Gasteiger partial charge in [-0.2, -0.15) is 0 Å². The Balaban J connectivity index is 1.81. The average Bonchev–Trinajstić information content (AvgIpc) is 3.27. The second-order valence-corrected chi connectivity index (χ2v) is 13.3. The molecule has 224 valence electrons. The van der Waals surface area contributed by atoms with Gasteiger partial charge < -0.3 is 24.8 Å². The second-order valence-electron chi connectivity index (χ2n) is 13.3. The molecule has 2 aliphatic rings. The van der Waals surface area contributed by atoms with Gasteiger partial charge in [-0.25, -0.2) is 14.2 Å². The smallest absolute Gasteiger partial charge is 0.326 e. The van der Waals surface area contributed by atoms with Gasteiger partial charge in [0, 0.05) is 47.3 Å². The topological polar surface area (TPSA) is 101 Å². The first-order valence-electron chi connectivity index (χ1n) is 14.4. The van der Waals surface area contributed by atoms with Crippen molar-refractivity contribution in [1.82, 2.24) is 15.2 Å². The van der Waals surface area contributed by atoms with Crippen LogP contribution in [0.5, 0.6) is 5.88 Å². The lowest BCUT2D eigenvalue weighted by Crippen LogP contribution is -2.51. The number of amides is 1. The van der Waals surface area contributed by atoms with Crippen LogP contribution in [-0.2, 0) is 26.3 Å². The highest BCUT2D eigenvalue weighted by molar-refractivity contribution is 5.88. The fraction of sp³-hybridized carbons (Fsp3) is 0.594. The van der Waals surface area contributed by atoms with E-state index < -0.39 is 53.3 Å². The first-order chi connectivity index (χ1) is 19.3. The molecule has 0 radical (unpaired) electrons. The first kappa shape index (κ1) is 30.9. The molecule has 41 heavy (non-hydrogen) atoms. The number of nitrogens with one attached hydrogen (secondary N) is 1. The number of carboxylic acids is 1. The van der Waals surface area contributed by atoms with Gasteiger partial charge in [-0.15, -0.1) is 0 Å². The van der Waals surface area contributed by atoms with Gasteiger partial charge in [-0.1, -0.05) is 65.8 Å². The minimum atomic E-state index is -1.18. The van der Waals surface area contributed by atoms with Gasteiger partial charge in [0.15, 0.2) is 0 Å². The summed E-state index contributed by atoms with van der Waals surface area (Å²) in [6.45, 7) is 12.8. The minimum absolute atomic E-state index is 0.172. The number of likely N-dealkylation sites (tertiary alicyclic amines) is 1. The van der Waals surface area contributed by atoms with Crippen molar-refractivity contribution in [2.45, 2.75) is 97.0 Å². The molecule has 2 fully saturated rings. The molecule has 3 heterocycles. The molecule has 0 spiro atoms. The van der Waals surface area contributed by atoms with E-state index in [-0.39, 0.29) is 17.5 Å². The Bertz CT molecular complexity index is 1250. The molecule has 0 unspecified atom stereocenters. The van der Waals surface area contributed by atoms with Crippen molar-refractivity contribution in [3.8, 4) is 5.88 Å². The highest BCUT2D eigenvalue weighted by Gasteiger charge is 2.59. The van der Waals surface area contributed by atoms with Crippen molar-refractivity contribution in [2.75, 3.05) is 13.7 Å². The summed E-state index contributed by atoms with van der Waals surface area (Å²) in [6, 6.07) is 7.57. The number of rotatable bonds is 7. The Hall–Kier alpha value is -3.04. The molecule has 2 saturated heterocycles. The summed E-state index contributed by atoms with van der Waals surface area (Å²) in [7, 11) is 1.57. The highest BCUT2D eigenvalue weighted by Crippen LogP contribution is 2.49. The Labute approximate surface area is 242 Å². The lowest BCUT2D eigenvalue weighted by molar-refractivity contribution is -0.159. The number of ether oxygens (including phenoxy) is 2. The molecule has 9 heteroatoms. The molecule has 2 aliphatic heterocycles. The van der Waals surface area contributed by atoms with Gasteiger partial charge in [-0.3, -0.25) is 4.79 Å². The normalized spacial score (nSPS) is 25.3. The first-order valence-corrected chi connectivity index (χ1v) is 14.4. The molecular weight excluding hydrogens is 525 g/mol. The molecule has 1 aromatic carbocycles. The number of hydrogen-bond acceptors (Lipinski definition) is 6. The Morgan fingerprint density at radius 1 is 1.12 bits per heavy atom. The number of hydrogen-bond donors (Lipinski definition) is 2. The zero-order chi connectivity index (χ0) is 30.1. The summed E-state index contributed by atoms with van der Waals surface area (Å²) >= 11 is 0. The number of benzene rings is 1. The Morgan fingerprint density at radius 2 is 1.83 bits per heavy atom. The zero-order valence-corrected chi connectivity index (χ0v) is 25.2. The quantitative estimate of drug-likeness (QED) is 0.470. The van der Waals surface area contributed by atoms with Crippen molar-refractivity contribution < 1.29 is 28.6 Å². The summed E-state index contributed by atoms with van der Waals surface area (Å²) in [6.07, 6.45) is 1.41. The number of nitrogens with zero attached hydrogens (tertiary/aromatic N) is 2. The monoisotopic (exact) mass is 569 g/mol. The van der Waals surface area contributed by atoms with Crippen LogP contribution in [0.25, 0.3) is 0 Å². The molecule has 0 saturated carbocycles. The molecular formula is C32H44FN3O5. The lowest BCUT2D eigenvalue weighted by atomic mass is 9.72. The fourth-order valence-electron chi connectivity index (χ4n) is 6.30. The van der Waals surface area contributed by atoms with Gasteiger partial charge in [0.05, 0.1) is 13.2 Å². The molecule has 4 rings (SSSR count). The zero-order valence-electron chi connectivity index (χ0n) is 25.2. The average molecular weight is 570 g/mol. The second kappa shape index (κ2) is 12.1. The third kappa shape index (κ3) is 6.41. The maximum atomic E-state index is 15.5. The van der Waals surface area contributed by atoms with Crippen LogP contribution < -0.4 is 10.1 Å². The van der Waals surface area contributed by atoms with Crippen molar-refractivity contribution in [2.24, 2.45) is 11.3 Å². The largest absolute Gasteiger partial charge is 0.481 e. The van der Waals surface area contributed by atoms with Crippen LogP contribution in [0.1, 0.15) is 83.7 Å². The predicted octanol–water partition coefficient (Wildman–Crippen LogP) is 5.25. The van der Waals surface area contributed by atoms with E-state index in [1.54, 1.807) is 25.3 Å². The van der Waals surface area contributed by atoms with E-state index >= 15 is 4.39 Å². The minimum Gasteiger partial charge on any atom is -0.481 e. The Morgan fingerprint density at radius 3 is 2.39 bits per heavy atom. The Kier molecular flexibility index (Phi) is 9.09. The molecule has 1 aromatic heterocycles. The van der Waals surface area contributed by atoms with Crippen LogP contribution in [0.4, 0.5) is 4.39 Å². The number of carbonyl (C=O) groups excluding carboxylic acids is 1. The number of aliphatic carboxylic acids is 1. The maximum Gasteiger partial charge on any atom is 0.326 e. The number of carboxylic acid groups (broad SMARTS) is 1. The molecule has 8 nitrogen and oxygen atoms in total. The number of methoxy groups -OCH3 is 1. The summed E-state index contributed by atoms with van der Waals surface area (Å²) in [5, 5.41) is 14.2. The van der Waals surface area contributed by atoms with E-state index in [0.29, 0.717) is 18.9 Å². The van der Waals surface area contributed by atoms with E-state index in [1.807, 2.05) is 32.9 Å². The number of aromatic nitrogens is 1. The van der Waals surface area contributed by atoms with Crippen LogP contribution >= 0.6 is 0 Å². The third-order valence-corrected chi connectivity index (χ3v) is 8.28. The standard InChI is InChI=1S/C32H44FN3O5/c1-31(2,3)23-16-15-19(28(35-23)40-7)18-34-25-24(32(4,5)6)27(30(38)39)36(29(37)22-14-10-11-17-41-22)26(25)20-12-8-9-13-21(20)33/h8-9,12-13,15-16,22,24-27,34H,10-11,14,17-18H2,1-7H3,(H,38,39)/t22-,24-,25-,26-,27-/m0/s1. The number of halogens is 1. The van der Waals surface area contributed by atoms with Crippen LogP contribution in [0.15, 0.2) is 36.4 Å². The van der Waals surface area contributed by atoms with Crippen LogP contribution in [-0.4, -0.2) is 58.8 Å². The summed E-state index contributed by atoms with van der Waals surface area (Å²) in [4.78, 5) is 33.2.